The number of carbonyl (C=O) groups is 2. The van der Waals surface area contributed by atoms with Crippen LogP contribution in [0.3, 0.4) is 0 Å². The molecule has 0 radical (unpaired) electrons. The van der Waals surface area contributed by atoms with Crippen LogP contribution in [0, 0.1) is 0 Å². The van der Waals surface area contributed by atoms with E-state index in [1.165, 1.54) is 37.7 Å². The van der Waals surface area contributed by atoms with Crippen LogP contribution >= 0.6 is 0 Å². The molecule has 4 rings (SSSR count). The molecule has 4 heteroatoms. The molecule has 1 aliphatic carbocycles. The van der Waals surface area contributed by atoms with E-state index in [0.29, 0.717) is 30.1 Å². The van der Waals surface area contributed by atoms with Crippen LogP contribution in [0.2, 0.25) is 0 Å². The van der Waals surface area contributed by atoms with E-state index in [1.54, 1.807) is 12.1 Å². The van der Waals surface area contributed by atoms with Gasteiger partial charge in [0.25, 0.3) is 0 Å². The first-order chi connectivity index (χ1) is 12.1. The van der Waals surface area contributed by atoms with Crippen molar-refractivity contribution in [3.8, 4) is 0 Å². The Morgan fingerprint density at radius 3 is 2.32 bits per heavy atom. The SMILES string of the molecule is O=C(c1ccc(C2CCCCC2)cc1)c1ccc2n1CCC2C(=O)O. The molecule has 1 fully saturated rings. The van der Waals surface area contributed by atoms with E-state index in [9.17, 15) is 14.7 Å². The van der Waals surface area contributed by atoms with Gasteiger partial charge in [0.05, 0.1) is 11.6 Å². The highest BCUT2D eigenvalue weighted by atomic mass is 16.4. The van der Waals surface area contributed by atoms with Crippen LogP contribution in [0.25, 0.3) is 0 Å². The van der Waals surface area contributed by atoms with Crippen molar-refractivity contribution >= 4 is 11.8 Å². The summed E-state index contributed by atoms with van der Waals surface area (Å²) in [6, 6.07) is 11.6. The molecule has 1 unspecified atom stereocenters. The predicted octanol–water partition coefficient (Wildman–Crippen LogP) is 4.34. The summed E-state index contributed by atoms with van der Waals surface area (Å²) in [7, 11) is 0. The van der Waals surface area contributed by atoms with Gasteiger partial charge in [-0.1, -0.05) is 43.5 Å². The van der Waals surface area contributed by atoms with Crippen LogP contribution in [0.1, 0.15) is 77.7 Å². The summed E-state index contributed by atoms with van der Waals surface area (Å²) >= 11 is 0. The van der Waals surface area contributed by atoms with Gasteiger partial charge in [-0.15, -0.1) is 0 Å². The standard InChI is InChI=1S/C21H23NO3/c23-20(19-11-10-18-17(21(24)25)12-13-22(18)19)16-8-6-15(7-9-16)14-4-2-1-3-5-14/h6-11,14,17H,1-5,12-13H2,(H,24,25). The number of rotatable bonds is 4. The molecule has 1 saturated carbocycles. The lowest BCUT2D eigenvalue weighted by molar-refractivity contribution is -0.138. The van der Waals surface area contributed by atoms with E-state index < -0.39 is 11.9 Å². The summed E-state index contributed by atoms with van der Waals surface area (Å²) in [4.78, 5) is 24.2. The monoisotopic (exact) mass is 337 g/mol. The number of benzene rings is 1. The summed E-state index contributed by atoms with van der Waals surface area (Å²) in [6.07, 6.45) is 6.99. The summed E-state index contributed by atoms with van der Waals surface area (Å²) in [6.45, 7) is 0.598. The van der Waals surface area contributed by atoms with Gasteiger partial charge in [0.15, 0.2) is 0 Å². The Hall–Kier alpha value is -2.36. The third-order valence-electron chi connectivity index (χ3n) is 5.79. The highest BCUT2D eigenvalue weighted by molar-refractivity contribution is 6.08. The Balaban J connectivity index is 1.56. The van der Waals surface area contributed by atoms with Crippen LogP contribution in [-0.2, 0) is 11.3 Å². The molecular formula is C21H23NO3. The number of hydrogen-bond donors (Lipinski definition) is 1. The van der Waals surface area contributed by atoms with Crippen LogP contribution in [0.5, 0.6) is 0 Å². The molecule has 2 aliphatic rings. The smallest absolute Gasteiger partial charge is 0.312 e. The number of aromatic nitrogens is 1. The maximum Gasteiger partial charge on any atom is 0.312 e. The first-order valence-electron chi connectivity index (χ1n) is 9.22. The molecule has 130 valence electrons. The van der Waals surface area contributed by atoms with E-state index >= 15 is 0 Å². The second kappa shape index (κ2) is 6.51. The molecule has 25 heavy (non-hydrogen) atoms. The first-order valence-corrected chi connectivity index (χ1v) is 9.22. The number of carbonyl (C=O) groups excluding carboxylic acids is 1. The summed E-state index contributed by atoms with van der Waals surface area (Å²) in [5.74, 6) is -0.692. The maximum atomic E-state index is 12.9. The minimum Gasteiger partial charge on any atom is -0.481 e. The summed E-state index contributed by atoms with van der Waals surface area (Å²) in [5, 5.41) is 9.28. The number of aliphatic carboxylic acids is 1. The van der Waals surface area contributed by atoms with Gasteiger partial charge in [-0.2, -0.15) is 0 Å². The van der Waals surface area contributed by atoms with E-state index in [4.69, 9.17) is 0 Å². The number of ketones is 1. The predicted molar refractivity (Wildman–Crippen MR) is 95.1 cm³/mol. The molecule has 1 aromatic carbocycles. The first kappa shape index (κ1) is 16.1. The normalized spacial score (nSPS) is 20.4. The van der Waals surface area contributed by atoms with E-state index in [-0.39, 0.29) is 5.78 Å². The van der Waals surface area contributed by atoms with Crippen molar-refractivity contribution in [3.05, 3.63) is 58.9 Å². The molecule has 1 aromatic heterocycles. The second-order valence-electron chi connectivity index (χ2n) is 7.26. The number of carboxylic acid groups (broad SMARTS) is 1. The average molecular weight is 337 g/mol. The fraction of sp³-hybridized carbons (Fsp3) is 0.429. The lowest BCUT2D eigenvalue weighted by Crippen LogP contribution is -2.10. The Kier molecular flexibility index (Phi) is 4.20. The van der Waals surface area contributed by atoms with Gasteiger partial charge in [-0.3, -0.25) is 9.59 Å². The summed E-state index contributed by atoms with van der Waals surface area (Å²) < 4.78 is 1.87. The van der Waals surface area contributed by atoms with Crippen LogP contribution in [0.4, 0.5) is 0 Å². The zero-order valence-corrected chi connectivity index (χ0v) is 14.3. The number of nitrogens with zero attached hydrogens (tertiary/aromatic N) is 1. The summed E-state index contributed by atoms with van der Waals surface area (Å²) in [5.41, 5.74) is 3.36. The van der Waals surface area contributed by atoms with Gasteiger partial charge >= 0.3 is 5.97 Å². The van der Waals surface area contributed by atoms with Gasteiger partial charge in [0.1, 0.15) is 0 Å². The molecule has 2 heterocycles. The van der Waals surface area contributed by atoms with Gasteiger partial charge < -0.3 is 9.67 Å². The number of hydrogen-bond acceptors (Lipinski definition) is 2. The highest BCUT2D eigenvalue weighted by Crippen LogP contribution is 2.34. The lowest BCUT2D eigenvalue weighted by atomic mass is 9.84. The van der Waals surface area contributed by atoms with Gasteiger partial charge in [-0.25, -0.2) is 0 Å². The fourth-order valence-electron chi connectivity index (χ4n) is 4.38. The molecule has 1 atom stereocenters. The minimum atomic E-state index is -0.812. The zero-order chi connectivity index (χ0) is 17.4. The largest absolute Gasteiger partial charge is 0.481 e. The number of fused-ring (bicyclic) bond motifs is 1. The van der Waals surface area contributed by atoms with E-state index in [2.05, 4.69) is 12.1 Å². The van der Waals surface area contributed by atoms with Crippen molar-refractivity contribution in [2.75, 3.05) is 0 Å². The third kappa shape index (κ3) is 2.90. The van der Waals surface area contributed by atoms with Crippen LogP contribution in [0.15, 0.2) is 36.4 Å². The molecule has 0 amide bonds. The van der Waals surface area contributed by atoms with Crippen LogP contribution in [-0.4, -0.2) is 21.4 Å². The molecular weight excluding hydrogens is 314 g/mol. The van der Waals surface area contributed by atoms with Crippen molar-refractivity contribution in [3.63, 3.8) is 0 Å². The highest BCUT2D eigenvalue weighted by Gasteiger charge is 2.31. The van der Waals surface area contributed by atoms with Crippen molar-refractivity contribution < 1.29 is 14.7 Å². The lowest BCUT2D eigenvalue weighted by Gasteiger charge is -2.22. The molecule has 0 bridgehead atoms. The van der Waals surface area contributed by atoms with Crippen molar-refractivity contribution in [1.29, 1.82) is 0 Å². The van der Waals surface area contributed by atoms with Crippen molar-refractivity contribution in [2.24, 2.45) is 0 Å². The minimum absolute atomic E-state index is 0.0208. The topological polar surface area (TPSA) is 59.3 Å². The number of carboxylic acids is 1. The van der Waals surface area contributed by atoms with Crippen molar-refractivity contribution in [2.45, 2.75) is 56.9 Å². The third-order valence-corrected chi connectivity index (χ3v) is 5.79. The molecule has 1 aliphatic heterocycles. The maximum absolute atomic E-state index is 12.9. The van der Waals surface area contributed by atoms with Gasteiger partial charge in [0.2, 0.25) is 5.78 Å². The van der Waals surface area contributed by atoms with Crippen LogP contribution < -0.4 is 0 Å². The van der Waals surface area contributed by atoms with E-state index in [1.807, 2.05) is 16.7 Å². The van der Waals surface area contributed by atoms with E-state index in [0.717, 1.165) is 5.69 Å². The fourth-order valence-corrected chi connectivity index (χ4v) is 4.38. The average Bonchev–Trinajstić information content (AvgIpc) is 3.24. The molecule has 1 N–H and O–H groups in total. The zero-order valence-electron chi connectivity index (χ0n) is 14.3. The molecule has 2 aromatic rings. The van der Waals surface area contributed by atoms with Gasteiger partial charge in [-0.05, 0) is 42.9 Å². The molecule has 0 spiro atoms. The Morgan fingerprint density at radius 2 is 1.64 bits per heavy atom. The Morgan fingerprint density at radius 1 is 0.920 bits per heavy atom. The molecule has 4 nitrogen and oxygen atoms in total. The Bertz CT molecular complexity index is 797. The quantitative estimate of drug-likeness (QED) is 0.844. The Labute approximate surface area is 147 Å². The second-order valence-corrected chi connectivity index (χ2v) is 7.26. The molecule has 0 saturated heterocycles. The van der Waals surface area contributed by atoms with Gasteiger partial charge in [0, 0.05) is 17.8 Å². The van der Waals surface area contributed by atoms with Crippen molar-refractivity contribution in [1.82, 2.24) is 4.57 Å².